The zero-order valence-electron chi connectivity index (χ0n) is 21.7. The van der Waals surface area contributed by atoms with E-state index < -0.39 is 0 Å². The van der Waals surface area contributed by atoms with Gasteiger partial charge in [0.15, 0.2) is 0 Å². The zero-order valence-corrected chi connectivity index (χ0v) is 26.3. The summed E-state index contributed by atoms with van der Waals surface area (Å²) in [5.41, 5.74) is 9.86. The van der Waals surface area contributed by atoms with E-state index in [2.05, 4.69) is 71.5 Å². The molecule has 3 aromatic rings. The van der Waals surface area contributed by atoms with Crippen molar-refractivity contribution in [3.05, 3.63) is 87.5 Å². The molecule has 0 aromatic heterocycles. The number of aryl methyl sites for hydroxylation is 2. The standard InChI is InChI=1S/C10H15.2C7H8S.C5H10N.W/c1-6-7(2)9(4)10(5)8(6)3;2*1-6-2-4-7(8)5-3-6;1-4-6(3)5-2;/h1-5H3;2*2-5,8H,1H3;4-5H2,1-2H3;/q-1;;;;/p-2. The summed E-state index contributed by atoms with van der Waals surface area (Å²) in [5, 5.41) is 0. The number of hydrogen-bond acceptors (Lipinski definition) is 3. The van der Waals surface area contributed by atoms with Crippen LogP contribution < -0.4 is 0 Å². The fourth-order valence-electron chi connectivity index (χ4n) is 2.84. The maximum Gasteiger partial charge on any atom is -0.0398 e. The van der Waals surface area contributed by atoms with Crippen molar-refractivity contribution in [1.82, 2.24) is 4.90 Å². The maximum absolute atomic E-state index is 4.87. The first-order valence-corrected chi connectivity index (χ1v) is 13.6. The van der Waals surface area contributed by atoms with E-state index in [1.165, 1.54) is 58.1 Å². The van der Waals surface area contributed by atoms with Crippen molar-refractivity contribution in [3.63, 3.8) is 0 Å². The second-order valence-corrected chi connectivity index (χ2v) is 9.61. The minimum Gasteiger partial charge on any atom is -0.780 e. The smallest absolute Gasteiger partial charge is 0.0398 e. The molecule has 0 spiro atoms. The van der Waals surface area contributed by atoms with E-state index >= 15 is 0 Å². The van der Waals surface area contributed by atoms with Gasteiger partial charge in [0, 0.05) is 0 Å². The third-order valence-electron chi connectivity index (χ3n) is 5.75. The first-order chi connectivity index (χ1) is 15.5. The van der Waals surface area contributed by atoms with Crippen LogP contribution in [0, 0.1) is 52.8 Å². The van der Waals surface area contributed by atoms with E-state index in [9.17, 15) is 0 Å². The van der Waals surface area contributed by atoms with Gasteiger partial charge >= 0.3 is 55.3 Å². The van der Waals surface area contributed by atoms with Crippen LogP contribution in [0.15, 0.2) is 58.3 Å². The van der Waals surface area contributed by atoms with Gasteiger partial charge in [-0.25, -0.2) is 0 Å². The van der Waals surface area contributed by atoms with Gasteiger partial charge < -0.3 is 25.3 Å². The average Bonchev–Trinajstić information content (AvgIpc) is 2.98. The largest absolute Gasteiger partial charge is 0.780 e. The molecular formula is C29H39NS2W-3. The molecule has 0 fully saturated rings. The zero-order chi connectivity index (χ0) is 25.6. The molecule has 1 nitrogen and oxygen atoms in total. The van der Waals surface area contributed by atoms with Crippen LogP contribution >= 0.6 is 0 Å². The Balaban J connectivity index is 0.000000418. The van der Waals surface area contributed by atoms with E-state index in [1.807, 2.05) is 48.5 Å². The molecule has 3 rings (SSSR count). The Bertz CT molecular complexity index is 811. The summed E-state index contributed by atoms with van der Waals surface area (Å²) in [6.07, 6.45) is 0. The molecule has 3 aromatic carbocycles. The monoisotopic (exact) mass is 649 g/mol. The molecule has 0 radical (unpaired) electrons. The number of rotatable bonds is 2. The van der Waals surface area contributed by atoms with Crippen LogP contribution in [0.3, 0.4) is 0 Å². The third kappa shape index (κ3) is 12.6. The molecule has 0 amide bonds. The van der Waals surface area contributed by atoms with Gasteiger partial charge in [-0.1, -0.05) is 94.3 Å². The van der Waals surface area contributed by atoms with Crippen molar-refractivity contribution < 1.29 is 19.2 Å². The first kappa shape index (κ1) is 31.7. The molecule has 0 aliphatic rings. The molecule has 0 bridgehead atoms. The van der Waals surface area contributed by atoms with Crippen molar-refractivity contribution in [2.45, 2.75) is 72.1 Å². The molecule has 0 aliphatic heterocycles. The Morgan fingerprint density at radius 1 is 0.697 bits per heavy atom. The number of benzene rings is 2. The Morgan fingerprint density at radius 2 is 1.00 bits per heavy atom. The summed E-state index contributed by atoms with van der Waals surface area (Å²) in [6.45, 7) is 21.6. The van der Waals surface area contributed by atoms with Crippen molar-refractivity contribution in [3.8, 4) is 4.33 Å². The second-order valence-electron chi connectivity index (χ2n) is 8.01. The molecule has 0 N–H and O–H groups in total. The quantitative estimate of drug-likeness (QED) is 0.161. The normalized spacial score (nSPS) is 9.48. The predicted molar refractivity (Wildman–Crippen MR) is 146 cm³/mol. The third-order valence-corrected chi connectivity index (χ3v) is 7.22. The second kappa shape index (κ2) is 17.1. The van der Waals surface area contributed by atoms with Crippen LogP contribution in [0.1, 0.15) is 52.8 Å². The van der Waals surface area contributed by atoms with Crippen LogP contribution in [0.5, 0.6) is 0 Å². The van der Waals surface area contributed by atoms with Gasteiger partial charge in [0.1, 0.15) is 0 Å². The summed E-state index contributed by atoms with van der Waals surface area (Å²) >= 11 is 11.2. The maximum atomic E-state index is 4.87. The average molecular weight is 650 g/mol. The summed E-state index contributed by atoms with van der Waals surface area (Å²) < 4.78 is 3.12. The molecule has 0 saturated heterocycles. The van der Waals surface area contributed by atoms with Crippen LogP contribution in [0.4, 0.5) is 0 Å². The van der Waals surface area contributed by atoms with Gasteiger partial charge in [-0.2, -0.15) is 37.6 Å². The summed E-state index contributed by atoms with van der Waals surface area (Å²) in [6, 6.07) is 15.8. The molecule has 0 aliphatic carbocycles. The van der Waals surface area contributed by atoms with E-state index in [-0.39, 0.29) is 0 Å². The SMILES string of the molecule is CCN([C]#[W])CC.Cc1c(C)c(C)[c-](C)c1C.Cc1ccc([S-])cc1.Cc1ccc([S-])cc1. The van der Waals surface area contributed by atoms with E-state index in [0.717, 1.165) is 22.9 Å². The van der Waals surface area contributed by atoms with E-state index in [1.54, 1.807) is 0 Å². The number of nitrogens with zero attached hydrogens (tertiary/aromatic N) is 1. The molecule has 0 unspecified atom stereocenters. The van der Waals surface area contributed by atoms with E-state index in [0.29, 0.717) is 0 Å². The van der Waals surface area contributed by atoms with Crippen molar-refractivity contribution in [2.24, 2.45) is 0 Å². The Labute approximate surface area is 225 Å². The molecule has 4 heteroatoms. The first-order valence-electron chi connectivity index (χ1n) is 11.3. The fraction of sp³-hybridized carbons (Fsp3) is 0.379. The van der Waals surface area contributed by atoms with Gasteiger partial charge in [-0.05, 0) is 13.8 Å². The van der Waals surface area contributed by atoms with Gasteiger partial charge in [-0.3, -0.25) is 0 Å². The van der Waals surface area contributed by atoms with Gasteiger partial charge in [0.05, 0.1) is 0 Å². The minimum atomic E-state index is 0.913. The minimum absolute atomic E-state index is 0.913. The topological polar surface area (TPSA) is 3.24 Å². The van der Waals surface area contributed by atoms with E-state index in [4.69, 9.17) is 25.3 Å². The van der Waals surface area contributed by atoms with Gasteiger partial charge in [-0.15, -0.1) is 0 Å². The Morgan fingerprint density at radius 3 is 1.12 bits per heavy atom. The Kier molecular flexibility index (Phi) is 16.4. The van der Waals surface area contributed by atoms with Gasteiger partial charge in [0.25, 0.3) is 0 Å². The van der Waals surface area contributed by atoms with Crippen molar-refractivity contribution in [1.29, 1.82) is 0 Å². The van der Waals surface area contributed by atoms with Gasteiger partial charge in [0.2, 0.25) is 0 Å². The van der Waals surface area contributed by atoms with Crippen molar-refractivity contribution >= 4 is 25.3 Å². The number of hydrogen-bond donors (Lipinski definition) is 0. The van der Waals surface area contributed by atoms with Crippen LogP contribution in [0.2, 0.25) is 0 Å². The molecular weight excluding hydrogens is 610 g/mol. The molecule has 0 heterocycles. The molecule has 33 heavy (non-hydrogen) atoms. The summed E-state index contributed by atoms with van der Waals surface area (Å²) in [7, 11) is 0. The summed E-state index contributed by atoms with van der Waals surface area (Å²) in [5.74, 6) is 0. The Hall–Kier alpha value is -1.34. The molecule has 0 saturated carbocycles. The predicted octanol–water partition coefficient (Wildman–Crippen LogP) is 7.54. The fourth-order valence-corrected chi connectivity index (χ4v) is 4.04. The van der Waals surface area contributed by atoms with Crippen LogP contribution in [-0.2, 0) is 44.4 Å². The van der Waals surface area contributed by atoms with Crippen LogP contribution in [0.25, 0.3) is 0 Å². The summed E-state index contributed by atoms with van der Waals surface area (Å²) in [4.78, 5) is 3.99. The van der Waals surface area contributed by atoms with Crippen LogP contribution in [-0.4, -0.2) is 18.0 Å². The molecule has 181 valence electrons. The molecule has 0 atom stereocenters. The van der Waals surface area contributed by atoms with Crippen molar-refractivity contribution in [2.75, 3.05) is 13.1 Å².